The molecule has 16 heavy (non-hydrogen) atoms. The predicted molar refractivity (Wildman–Crippen MR) is 65.5 cm³/mol. The highest BCUT2D eigenvalue weighted by molar-refractivity contribution is 6.33. The van der Waals surface area contributed by atoms with Gasteiger partial charge >= 0.3 is 0 Å². The number of nitrogens with one attached hydrogen (secondary N) is 1. The Morgan fingerprint density at radius 2 is 2.06 bits per heavy atom. The summed E-state index contributed by atoms with van der Waals surface area (Å²) < 4.78 is 0. The highest BCUT2D eigenvalue weighted by atomic mass is 35.5. The van der Waals surface area contributed by atoms with Crippen molar-refractivity contribution < 1.29 is 9.90 Å². The van der Waals surface area contributed by atoms with Gasteiger partial charge in [0.05, 0.1) is 23.2 Å². The van der Waals surface area contributed by atoms with E-state index < -0.39 is 6.10 Å². The van der Waals surface area contributed by atoms with Gasteiger partial charge < -0.3 is 10.4 Å². The van der Waals surface area contributed by atoms with E-state index in [9.17, 15) is 9.90 Å². The van der Waals surface area contributed by atoms with Crippen LogP contribution in [0.4, 0.5) is 5.69 Å². The SMILES string of the molecule is CC(C)C(O)CC(=O)Nc1ccccc1Cl. The number of halogens is 1. The van der Waals surface area contributed by atoms with E-state index in [-0.39, 0.29) is 18.2 Å². The molecular weight excluding hydrogens is 226 g/mol. The third kappa shape index (κ3) is 3.83. The second-order valence-electron chi connectivity index (χ2n) is 4.04. The Morgan fingerprint density at radius 3 is 2.62 bits per heavy atom. The van der Waals surface area contributed by atoms with Crippen molar-refractivity contribution in [2.24, 2.45) is 5.92 Å². The van der Waals surface area contributed by atoms with E-state index in [4.69, 9.17) is 11.6 Å². The van der Waals surface area contributed by atoms with Gasteiger partial charge in [0.15, 0.2) is 0 Å². The molecule has 0 heterocycles. The lowest BCUT2D eigenvalue weighted by Crippen LogP contribution is -2.23. The number of carbonyl (C=O) groups excluding carboxylic acids is 1. The maximum absolute atomic E-state index is 11.5. The van der Waals surface area contributed by atoms with Crippen LogP contribution in [0, 0.1) is 5.92 Å². The summed E-state index contributed by atoms with van der Waals surface area (Å²) in [5.41, 5.74) is 0.574. The Balaban J connectivity index is 2.55. The fourth-order valence-electron chi connectivity index (χ4n) is 1.19. The van der Waals surface area contributed by atoms with Crippen molar-refractivity contribution in [2.75, 3.05) is 5.32 Å². The summed E-state index contributed by atoms with van der Waals surface area (Å²) in [4.78, 5) is 11.5. The molecule has 1 atom stereocenters. The van der Waals surface area contributed by atoms with Crippen molar-refractivity contribution in [2.45, 2.75) is 26.4 Å². The van der Waals surface area contributed by atoms with Crippen LogP contribution in [0.2, 0.25) is 5.02 Å². The van der Waals surface area contributed by atoms with E-state index in [2.05, 4.69) is 5.32 Å². The van der Waals surface area contributed by atoms with Gasteiger partial charge in [-0.15, -0.1) is 0 Å². The molecule has 0 spiro atoms. The number of para-hydroxylation sites is 1. The highest BCUT2D eigenvalue weighted by Crippen LogP contribution is 2.20. The molecule has 0 aliphatic carbocycles. The van der Waals surface area contributed by atoms with Gasteiger partial charge in [0.1, 0.15) is 0 Å². The summed E-state index contributed by atoms with van der Waals surface area (Å²) in [7, 11) is 0. The molecule has 1 unspecified atom stereocenters. The monoisotopic (exact) mass is 241 g/mol. The van der Waals surface area contributed by atoms with Crippen LogP contribution in [-0.2, 0) is 4.79 Å². The molecule has 4 heteroatoms. The number of benzene rings is 1. The summed E-state index contributed by atoms with van der Waals surface area (Å²) >= 11 is 5.89. The summed E-state index contributed by atoms with van der Waals surface area (Å²) in [5.74, 6) is -0.161. The minimum absolute atomic E-state index is 0.0667. The van der Waals surface area contributed by atoms with Crippen molar-refractivity contribution in [1.82, 2.24) is 0 Å². The zero-order valence-corrected chi connectivity index (χ0v) is 10.2. The van der Waals surface area contributed by atoms with E-state index in [0.29, 0.717) is 10.7 Å². The molecule has 0 radical (unpaired) electrons. The third-order valence-corrected chi connectivity index (χ3v) is 2.64. The van der Waals surface area contributed by atoms with Gasteiger partial charge in [-0.2, -0.15) is 0 Å². The van der Waals surface area contributed by atoms with Crippen molar-refractivity contribution in [3.05, 3.63) is 29.3 Å². The summed E-state index contributed by atoms with van der Waals surface area (Å²) in [6.45, 7) is 3.74. The molecule has 1 aromatic rings. The van der Waals surface area contributed by atoms with Gasteiger partial charge in [0.25, 0.3) is 0 Å². The summed E-state index contributed by atoms with van der Waals surface area (Å²) in [5, 5.41) is 12.7. The van der Waals surface area contributed by atoms with Crippen molar-refractivity contribution in [3.8, 4) is 0 Å². The van der Waals surface area contributed by atoms with E-state index in [1.165, 1.54) is 0 Å². The minimum Gasteiger partial charge on any atom is -0.392 e. The van der Waals surface area contributed by atoms with Crippen LogP contribution in [0.1, 0.15) is 20.3 Å². The van der Waals surface area contributed by atoms with E-state index in [0.717, 1.165) is 0 Å². The summed E-state index contributed by atoms with van der Waals surface area (Å²) in [6.07, 6.45) is -0.536. The number of aliphatic hydroxyl groups is 1. The highest BCUT2D eigenvalue weighted by Gasteiger charge is 2.14. The Labute approximate surface area is 100 Å². The van der Waals surface area contributed by atoms with Gasteiger partial charge in [0.2, 0.25) is 5.91 Å². The van der Waals surface area contributed by atoms with Crippen LogP contribution >= 0.6 is 11.6 Å². The van der Waals surface area contributed by atoms with Crippen LogP contribution < -0.4 is 5.32 Å². The van der Waals surface area contributed by atoms with Crippen LogP contribution in [-0.4, -0.2) is 17.1 Å². The largest absolute Gasteiger partial charge is 0.392 e. The Morgan fingerprint density at radius 1 is 1.44 bits per heavy atom. The molecule has 2 N–H and O–H groups in total. The molecule has 1 aromatic carbocycles. The van der Waals surface area contributed by atoms with Gasteiger partial charge in [-0.1, -0.05) is 37.6 Å². The number of rotatable bonds is 4. The number of aliphatic hydroxyl groups excluding tert-OH is 1. The molecule has 0 aliphatic rings. The van der Waals surface area contributed by atoms with E-state index >= 15 is 0 Å². The molecule has 0 bridgehead atoms. The molecule has 0 aliphatic heterocycles. The van der Waals surface area contributed by atoms with Gasteiger partial charge in [-0.3, -0.25) is 4.79 Å². The second kappa shape index (κ2) is 5.87. The molecule has 1 amide bonds. The molecule has 3 nitrogen and oxygen atoms in total. The zero-order chi connectivity index (χ0) is 12.1. The molecule has 0 fully saturated rings. The average molecular weight is 242 g/mol. The first kappa shape index (κ1) is 13.0. The fourth-order valence-corrected chi connectivity index (χ4v) is 1.37. The number of hydrogen-bond acceptors (Lipinski definition) is 2. The van der Waals surface area contributed by atoms with Gasteiger partial charge in [0, 0.05) is 0 Å². The molecule has 88 valence electrons. The average Bonchev–Trinajstić information content (AvgIpc) is 2.21. The number of hydrogen-bond donors (Lipinski definition) is 2. The molecular formula is C12H16ClNO2. The molecule has 0 saturated carbocycles. The quantitative estimate of drug-likeness (QED) is 0.852. The number of amides is 1. The smallest absolute Gasteiger partial charge is 0.227 e. The summed E-state index contributed by atoms with van der Waals surface area (Å²) in [6, 6.07) is 7.01. The predicted octanol–water partition coefficient (Wildman–Crippen LogP) is 2.69. The minimum atomic E-state index is -0.623. The normalized spacial score (nSPS) is 12.6. The zero-order valence-electron chi connectivity index (χ0n) is 9.40. The standard InChI is InChI=1S/C12H16ClNO2/c1-8(2)11(15)7-12(16)14-10-6-4-3-5-9(10)13/h3-6,8,11,15H,7H2,1-2H3,(H,14,16). The lowest BCUT2D eigenvalue weighted by atomic mass is 10.0. The first-order valence-electron chi connectivity index (χ1n) is 5.23. The Kier molecular flexibility index (Phi) is 4.77. The first-order valence-corrected chi connectivity index (χ1v) is 5.61. The van der Waals surface area contributed by atoms with Crippen molar-refractivity contribution >= 4 is 23.2 Å². The lowest BCUT2D eigenvalue weighted by molar-refractivity contribution is -0.118. The third-order valence-electron chi connectivity index (χ3n) is 2.31. The molecule has 1 rings (SSSR count). The topological polar surface area (TPSA) is 49.3 Å². The maximum atomic E-state index is 11.5. The first-order chi connectivity index (χ1) is 7.50. The van der Waals surface area contributed by atoms with Crippen LogP contribution in [0.25, 0.3) is 0 Å². The van der Waals surface area contributed by atoms with E-state index in [1.54, 1.807) is 24.3 Å². The van der Waals surface area contributed by atoms with E-state index in [1.807, 2.05) is 13.8 Å². The molecule has 0 aromatic heterocycles. The Hall–Kier alpha value is -1.06. The Bertz CT molecular complexity index is 366. The molecule has 0 saturated heterocycles. The van der Waals surface area contributed by atoms with Crippen LogP contribution in [0.15, 0.2) is 24.3 Å². The van der Waals surface area contributed by atoms with Crippen molar-refractivity contribution in [1.29, 1.82) is 0 Å². The van der Waals surface area contributed by atoms with Crippen LogP contribution in [0.3, 0.4) is 0 Å². The van der Waals surface area contributed by atoms with Gasteiger partial charge in [-0.25, -0.2) is 0 Å². The van der Waals surface area contributed by atoms with Gasteiger partial charge in [-0.05, 0) is 18.1 Å². The maximum Gasteiger partial charge on any atom is 0.227 e. The van der Waals surface area contributed by atoms with Crippen LogP contribution in [0.5, 0.6) is 0 Å². The number of carbonyl (C=O) groups is 1. The van der Waals surface area contributed by atoms with Crippen molar-refractivity contribution in [3.63, 3.8) is 0 Å². The second-order valence-corrected chi connectivity index (χ2v) is 4.45. The lowest BCUT2D eigenvalue weighted by Gasteiger charge is -2.14. The fraction of sp³-hybridized carbons (Fsp3) is 0.417. The number of anilines is 1.